The molecule has 0 aliphatic carbocycles. The summed E-state index contributed by atoms with van der Waals surface area (Å²) in [5.74, 6) is 0. The number of nitrogens with one attached hydrogen (secondary N) is 1. The Morgan fingerprint density at radius 3 is 2.20 bits per heavy atom. The van der Waals surface area contributed by atoms with Crippen molar-refractivity contribution in [3.8, 4) is 0 Å². The molecule has 0 saturated carbocycles. The van der Waals surface area contributed by atoms with E-state index in [1.54, 1.807) is 0 Å². The zero-order chi connectivity index (χ0) is 4.12. The van der Waals surface area contributed by atoms with Crippen LogP contribution in [0.2, 0.25) is 0 Å². The minimum atomic E-state index is 1.46. The molecule has 5 heavy (non-hydrogen) atoms. The Bertz CT molecular complexity index is 45.6. The van der Waals surface area contributed by atoms with Crippen molar-refractivity contribution in [1.29, 1.82) is 5.53 Å². The first-order valence-corrected chi connectivity index (χ1v) is 1.07. The third kappa shape index (κ3) is 3.20. The molecule has 1 N–H and O–H groups in total. The monoisotopic (exact) mass is 72.0 g/mol. The van der Waals surface area contributed by atoms with E-state index in [2.05, 4.69) is 15.6 Å². The summed E-state index contributed by atoms with van der Waals surface area (Å²) in [5.41, 5.74) is 5.97. The fraction of sp³-hybridized carbons (Fsp3) is 1.00. The first-order valence-electron chi connectivity index (χ1n) is 1.07. The van der Waals surface area contributed by atoms with Crippen molar-refractivity contribution in [3.05, 3.63) is 0 Å². The second kappa shape index (κ2) is 3.20. The van der Waals surface area contributed by atoms with Crippen molar-refractivity contribution in [3.63, 3.8) is 0 Å². The smallest absolute Gasteiger partial charge is 0.0510 e. The van der Waals surface area contributed by atoms with Crippen LogP contribution in [-0.2, 0) is 0 Å². The second-order valence-electron chi connectivity index (χ2n) is 0.389. The zero-order valence-corrected chi connectivity index (χ0v) is 2.84. The lowest BCUT2D eigenvalue weighted by molar-refractivity contribution is 0.890. The normalized spacial score (nSPS) is 9.00. The van der Waals surface area contributed by atoms with Gasteiger partial charge in [0.05, 0.1) is 7.05 Å². The highest BCUT2D eigenvalue weighted by Crippen LogP contribution is 1.63. The van der Waals surface area contributed by atoms with Gasteiger partial charge in [0.15, 0.2) is 0 Å². The van der Waals surface area contributed by atoms with Gasteiger partial charge in [0.2, 0.25) is 0 Å². The van der Waals surface area contributed by atoms with E-state index in [-0.39, 0.29) is 0 Å². The Labute approximate surface area is 29.4 Å². The van der Waals surface area contributed by atoms with Crippen LogP contribution in [-0.4, -0.2) is 7.05 Å². The quantitative estimate of drug-likeness (QED) is 0.355. The van der Waals surface area contributed by atoms with Gasteiger partial charge < -0.3 is 0 Å². The zero-order valence-electron chi connectivity index (χ0n) is 2.84. The molecule has 28 valence electrons. The van der Waals surface area contributed by atoms with Crippen LogP contribution >= 0.6 is 0 Å². The Kier molecular flexibility index (Phi) is 2.69. The first kappa shape index (κ1) is 4.20. The van der Waals surface area contributed by atoms with Crippen molar-refractivity contribution in [2.45, 2.75) is 0 Å². The molecule has 0 aliphatic heterocycles. The minimum absolute atomic E-state index is 1.46. The SMILES string of the molecule is C/N=N\N=N. The molecule has 4 nitrogen and oxygen atoms in total. The van der Waals surface area contributed by atoms with E-state index < -0.39 is 0 Å². The van der Waals surface area contributed by atoms with Crippen LogP contribution in [0.15, 0.2) is 15.6 Å². The molecule has 0 fully saturated rings. The molecule has 0 radical (unpaired) electrons. The highest BCUT2D eigenvalue weighted by Gasteiger charge is 1.42. The van der Waals surface area contributed by atoms with Gasteiger partial charge in [-0.25, -0.2) is 0 Å². The third-order valence-corrected chi connectivity index (χ3v) is 0.134. The van der Waals surface area contributed by atoms with Gasteiger partial charge in [-0.05, 0) is 10.4 Å². The Hall–Kier alpha value is -0.800. The van der Waals surface area contributed by atoms with Crippen molar-refractivity contribution in [2.24, 2.45) is 15.6 Å². The van der Waals surface area contributed by atoms with E-state index in [1.807, 2.05) is 0 Å². The summed E-state index contributed by atoms with van der Waals surface area (Å²) in [5, 5.41) is 8.58. The second-order valence-corrected chi connectivity index (χ2v) is 0.389. The summed E-state index contributed by atoms with van der Waals surface area (Å²) in [6.45, 7) is 0. The van der Waals surface area contributed by atoms with Gasteiger partial charge in [0, 0.05) is 0 Å². The molecule has 0 aromatic heterocycles. The first-order chi connectivity index (χ1) is 2.41. The number of hydrogen-bond acceptors (Lipinski definition) is 2. The Morgan fingerprint density at radius 1 is 1.60 bits per heavy atom. The highest BCUT2D eigenvalue weighted by atomic mass is 15.4. The summed E-state index contributed by atoms with van der Waals surface area (Å²) < 4.78 is 0. The molecule has 0 atom stereocenters. The molecule has 0 amide bonds. The lowest BCUT2D eigenvalue weighted by Crippen LogP contribution is -1.37. The molecule has 0 bridgehead atoms. The fourth-order valence-corrected chi connectivity index (χ4v) is 0.0447. The maximum Gasteiger partial charge on any atom is 0.0510 e. The van der Waals surface area contributed by atoms with Crippen LogP contribution in [0, 0.1) is 5.53 Å². The molecular formula is CH4N4. The van der Waals surface area contributed by atoms with Crippen molar-refractivity contribution < 1.29 is 0 Å². The van der Waals surface area contributed by atoms with Crippen LogP contribution in [0.3, 0.4) is 0 Å². The van der Waals surface area contributed by atoms with Crippen LogP contribution in [0.4, 0.5) is 0 Å². The third-order valence-electron chi connectivity index (χ3n) is 0.134. The summed E-state index contributed by atoms with van der Waals surface area (Å²) in [6, 6.07) is 0. The Morgan fingerprint density at radius 2 is 2.20 bits per heavy atom. The van der Waals surface area contributed by atoms with Gasteiger partial charge in [-0.1, -0.05) is 0 Å². The van der Waals surface area contributed by atoms with E-state index in [0.717, 1.165) is 0 Å². The summed E-state index contributed by atoms with van der Waals surface area (Å²) >= 11 is 0. The van der Waals surface area contributed by atoms with E-state index >= 15 is 0 Å². The van der Waals surface area contributed by atoms with Gasteiger partial charge in [0.1, 0.15) is 0 Å². The van der Waals surface area contributed by atoms with E-state index in [4.69, 9.17) is 5.53 Å². The van der Waals surface area contributed by atoms with Crippen molar-refractivity contribution in [2.75, 3.05) is 7.05 Å². The lowest BCUT2D eigenvalue weighted by Gasteiger charge is -1.55. The number of rotatable bonds is 1. The topological polar surface area (TPSA) is 60.9 Å². The van der Waals surface area contributed by atoms with E-state index in [9.17, 15) is 0 Å². The summed E-state index contributed by atoms with van der Waals surface area (Å²) in [6.07, 6.45) is 0. The highest BCUT2D eigenvalue weighted by molar-refractivity contribution is 3.95. The summed E-state index contributed by atoms with van der Waals surface area (Å²) in [7, 11) is 1.46. The van der Waals surface area contributed by atoms with Gasteiger partial charge in [-0.15, -0.1) is 0 Å². The summed E-state index contributed by atoms with van der Waals surface area (Å²) in [4.78, 5) is 0. The molecular weight excluding hydrogens is 68.0 g/mol. The molecule has 0 spiro atoms. The predicted molar refractivity (Wildman–Crippen MR) is 15.9 cm³/mol. The molecule has 0 rings (SSSR count). The fourth-order valence-electron chi connectivity index (χ4n) is 0.0447. The predicted octanol–water partition coefficient (Wildman–Crippen LogP) is 1.01. The average molecular weight is 72.1 g/mol. The van der Waals surface area contributed by atoms with Gasteiger partial charge in [-0.2, -0.15) is 10.6 Å². The minimum Gasteiger partial charge on any atom is -0.183 e. The maximum atomic E-state index is 5.97. The van der Waals surface area contributed by atoms with Crippen LogP contribution in [0.5, 0.6) is 0 Å². The van der Waals surface area contributed by atoms with E-state index in [0.29, 0.717) is 0 Å². The Balaban J connectivity index is 2.92. The molecule has 0 saturated heterocycles. The van der Waals surface area contributed by atoms with Crippen LogP contribution < -0.4 is 0 Å². The molecule has 0 aromatic carbocycles. The molecule has 0 aromatic rings. The number of nitrogens with zero attached hydrogens (tertiary/aromatic N) is 3. The largest absolute Gasteiger partial charge is 0.183 e. The molecule has 0 unspecified atom stereocenters. The van der Waals surface area contributed by atoms with Crippen molar-refractivity contribution in [1.82, 2.24) is 0 Å². The van der Waals surface area contributed by atoms with Gasteiger partial charge in [0.25, 0.3) is 0 Å². The maximum absolute atomic E-state index is 5.97. The average Bonchev–Trinajstić information content (AvgIpc) is 1.41. The molecule has 4 heteroatoms. The van der Waals surface area contributed by atoms with E-state index in [1.165, 1.54) is 7.05 Å². The van der Waals surface area contributed by atoms with Crippen LogP contribution in [0.1, 0.15) is 0 Å². The van der Waals surface area contributed by atoms with Gasteiger partial charge >= 0.3 is 0 Å². The molecule has 0 heterocycles. The lowest BCUT2D eigenvalue weighted by atomic mass is 11.6. The van der Waals surface area contributed by atoms with Crippen molar-refractivity contribution >= 4 is 0 Å². The van der Waals surface area contributed by atoms with Gasteiger partial charge in [-0.3, -0.25) is 0 Å². The van der Waals surface area contributed by atoms with Crippen LogP contribution in [0.25, 0.3) is 0 Å². The number of hydrogen-bond donors (Lipinski definition) is 1. The standard InChI is InChI=1S/CH4N4/c1-3-5-4-2/h2H,1H3/b4-2?,5-3-. The molecule has 0 aliphatic rings.